The molecule has 0 saturated heterocycles. The van der Waals surface area contributed by atoms with Crippen LogP contribution in [0.5, 0.6) is 0 Å². The van der Waals surface area contributed by atoms with Gasteiger partial charge in [0.25, 0.3) is 0 Å². The Morgan fingerprint density at radius 1 is 0.854 bits per heavy atom. The summed E-state index contributed by atoms with van der Waals surface area (Å²) in [6.07, 6.45) is 12.0. The molecule has 4 nitrogen and oxygen atoms in total. The molecule has 0 atom stereocenters. The number of hydrogen-bond donors (Lipinski definition) is 0. The van der Waals surface area contributed by atoms with Crippen LogP contribution in [0.15, 0.2) is 83.7 Å². The summed E-state index contributed by atoms with van der Waals surface area (Å²) in [5.74, 6) is 7.71. The summed E-state index contributed by atoms with van der Waals surface area (Å²) in [4.78, 5) is 13.3. The number of fused-ring (bicyclic) bond motifs is 3. The number of furan rings is 1. The van der Waals surface area contributed by atoms with Crippen molar-refractivity contribution in [3.8, 4) is 22.5 Å². The van der Waals surface area contributed by atoms with Gasteiger partial charge in [-0.3, -0.25) is 0 Å². The van der Waals surface area contributed by atoms with Crippen molar-refractivity contribution in [2.45, 2.75) is 76.6 Å². The topological polar surface area (TPSA) is 51.8 Å². The molecule has 0 spiro atoms. The van der Waals surface area contributed by atoms with Crippen LogP contribution < -0.4 is 4.40 Å². The normalized spacial score (nSPS) is 13.7. The minimum absolute atomic E-state index is 0. The average molecular weight is 879 g/mol. The van der Waals surface area contributed by atoms with E-state index in [-0.39, 0.29) is 25.9 Å². The number of hydrogen-bond acceptors (Lipinski definition) is 4. The molecule has 4 heterocycles. The minimum Gasteiger partial charge on any atom is -0.486 e. The fourth-order valence-electron chi connectivity index (χ4n) is 6.60. The second-order valence-corrected chi connectivity index (χ2v) is 25.7. The largest absolute Gasteiger partial charge is 0.486 e. The molecule has 1 saturated carbocycles. The molecule has 6 aromatic rings. The molecule has 48 heavy (non-hydrogen) atoms. The predicted octanol–water partition coefficient (Wildman–Crippen LogP) is 10.4. The van der Waals surface area contributed by atoms with Gasteiger partial charge in [0.15, 0.2) is 0 Å². The standard InChI is InChI=1S/C22H18FN2O.C19H26GeN.Ir/c23-19-13-25-20(12-16(19)10-14-4-1-2-5-14)15-7-8-21-18(11-15)17-6-3-9-24-22(17)26-21;1-19(2,3)13-16-12-18(15-10-8-7-9-11-15)21-14-17(16)20(4,5)6;/h3,6,8-9,11-14H,1-2,4-5,10H2;7-10,12,14H,13H2,1-6H3;/q2*-1;. The smallest absolute Gasteiger partial charge is 0.216 e. The van der Waals surface area contributed by atoms with Crippen molar-refractivity contribution in [2.75, 3.05) is 0 Å². The van der Waals surface area contributed by atoms with Crippen molar-refractivity contribution in [3.63, 3.8) is 0 Å². The van der Waals surface area contributed by atoms with Crippen molar-refractivity contribution in [2.24, 2.45) is 11.3 Å². The van der Waals surface area contributed by atoms with E-state index in [1.165, 1.54) is 41.8 Å². The maximum Gasteiger partial charge on any atom is 0.216 e. The third-order valence-electron chi connectivity index (χ3n) is 8.88. The number of nitrogens with zero attached hydrogens (tertiary/aromatic N) is 3. The Balaban J connectivity index is 0.000000189. The van der Waals surface area contributed by atoms with Crippen molar-refractivity contribution in [1.82, 2.24) is 15.0 Å². The van der Waals surface area contributed by atoms with E-state index in [1.807, 2.05) is 48.5 Å². The Morgan fingerprint density at radius 2 is 1.58 bits per heavy atom. The van der Waals surface area contributed by atoms with Gasteiger partial charge in [-0.1, -0.05) is 37.1 Å². The molecule has 0 aliphatic heterocycles. The molecule has 2 aromatic carbocycles. The molecule has 1 radical (unpaired) electrons. The van der Waals surface area contributed by atoms with Crippen LogP contribution >= 0.6 is 0 Å². The third-order valence-corrected chi connectivity index (χ3v) is 13.2. The van der Waals surface area contributed by atoms with E-state index in [2.05, 4.69) is 78.5 Å². The molecule has 1 fully saturated rings. The second-order valence-electron chi connectivity index (χ2n) is 15.1. The number of aromatic nitrogens is 3. The van der Waals surface area contributed by atoms with E-state index >= 15 is 0 Å². The minimum atomic E-state index is -1.90. The summed E-state index contributed by atoms with van der Waals surface area (Å²) >= 11 is -1.90. The molecule has 0 amide bonds. The van der Waals surface area contributed by atoms with Gasteiger partial charge in [-0.05, 0) is 35.7 Å². The first-order valence-electron chi connectivity index (χ1n) is 16.7. The molecule has 0 bridgehead atoms. The summed E-state index contributed by atoms with van der Waals surface area (Å²) in [7, 11) is 0. The summed E-state index contributed by atoms with van der Waals surface area (Å²) in [6.45, 7) is 6.92. The number of pyridine rings is 3. The van der Waals surface area contributed by atoms with E-state index in [1.54, 1.807) is 6.20 Å². The van der Waals surface area contributed by atoms with Gasteiger partial charge in [-0.2, -0.15) is 0 Å². The van der Waals surface area contributed by atoms with Crippen molar-refractivity contribution in [1.29, 1.82) is 0 Å². The van der Waals surface area contributed by atoms with Crippen LogP contribution in [0.4, 0.5) is 4.39 Å². The molecular formula is C41H44FGeIrN3O-2. The summed E-state index contributed by atoms with van der Waals surface area (Å²) < 4.78 is 21.5. The van der Waals surface area contributed by atoms with Crippen LogP contribution in [-0.2, 0) is 32.9 Å². The van der Waals surface area contributed by atoms with Gasteiger partial charge in [0.1, 0.15) is 5.82 Å². The average Bonchev–Trinajstić information content (AvgIpc) is 3.69. The van der Waals surface area contributed by atoms with Gasteiger partial charge in [-0.25, -0.2) is 9.37 Å². The Bertz CT molecular complexity index is 1990. The quantitative estimate of drug-likeness (QED) is 0.124. The fraction of sp³-hybridized carbons (Fsp3) is 0.341. The van der Waals surface area contributed by atoms with Crippen LogP contribution in [0.2, 0.25) is 17.3 Å². The Labute approximate surface area is 300 Å². The molecule has 1 aliphatic rings. The predicted molar refractivity (Wildman–Crippen MR) is 194 cm³/mol. The zero-order valence-electron chi connectivity index (χ0n) is 28.8. The van der Waals surface area contributed by atoms with Gasteiger partial charge in [0.05, 0.1) is 11.8 Å². The Morgan fingerprint density at radius 3 is 2.29 bits per heavy atom. The Hall–Kier alpha value is -3.19. The second kappa shape index (κ2) is 15.1. The first kappa shape index (κ1) is 36.1. The zero-order chi connectivity index (χ0) is 33.2. The summed E-state index contributed by atoms with van der Waals surface area (Å²) in [6, 6.07) is 26.5. The molecular weight excluding hydrogens is 834 g/mol. The van der Waals surface area contributed by atoms with Crippen LogP contribution in [0.25, 0.3) is 44.6 Å². The van der Waals surface area contributed by atoms with Gasteiger partial charge < -0.3 is 9.40 Å². The molecule has 7 heteroatoms. The summed E-state index contributed by atoms with van der Waals surface area (Å²) in [5, 5.41) is 1.94. The molecule has 0 N–H and O–H groups in total. The number of halogens is 1. The van der Waals surface area contributed by atoms with Crippen LogP contribution in [0.3, 0.4) is 0 Å². The van der Waals surface area contributed by atoms with Crippen molar-refractivity contribution < 1.29 is 28.9 Å². The maximum atomic E-state index is 14.3. The molecule has 7 rings (SSSR count). The molecule has 251 valence electrons. The van der Waals surface area contributed by atoms with E-state index in [9.17, 15) is 4.39 Å². The fourth-order valence-corrected chi connectivity index (χ4v) is 9.91. The third kappa shape index (κ3) is 8.69. The first-order chi connectivity index (χ1) is 22.4. The monoisotopic (exact) mass is 880 g/mol. The Kier molecular flexibility index (Phi) is 11.4. The van der Waals surface area contributed by atoms with Crippen molar-refractivity contribution >= 4 is 39.7 Å². The van der Waals surface area contributed by atoms with E-state index in [0.29, 0.717) is 17.0 Å². The maximum absolute atomic E-state index is 14.3. The van der Waals surface area contributed by atoms with Crippen molar-refractivity contribution in [3.05, 3.63) is 108 Å². The molecule has 4 aromatic heterocycles. The number of rotatable bonds is 6. The van der Waals surface area contributed by atoms with Gasteiger partial charge in [-0.15, -0.1) is 23.8 Å². The SMILES string of the molecule is CC(C)(C)Cc1cc(-c2[c-]cccc2)nc[c]1[Ge]([CH3])([CH3])[CH3].Fc1cnc(-c2[c-]cc3oc4ncccc4c3c2)cc1CC1CCCC1.[Ir]. The zero-order valence-corrected chi connectivity index (χ0v) is 33.3. The van der Waals surface area contributed by atoms with Gasteiger partial charge in [0.2, 0.25) is 5.71 Å². The van der Waals surface area contributed by atoms with E-state index < -0.39 is 13.3 Å². The van der Waals surface area contributed by atoms with E-state index in [4.69, 9.17) is 9.40 Å². The van der Waals surface area contributed by atoms with Gasteiger partial charge in [0, 0.05) is 31.7 Å². The molecule has 0 unspecified atom stereocenters. The summed E-state index contributed by atoms with van der Waals surface area (Å²) in [5.41, 5.74) is 7.62. The van der Waals surface area contributed by atoms with Gasteiger partial charge >= 0.3 is 132 Å². The van der Waals surface area contributed by atoms with Crippen LogP contribution in [0.1, 0.15) is 57.6 Å². The van der Waals surface area contributed by atoms with E-state index in [0.717, 1.165) is 57.3 Å². The van der Waals surface area contributed by atoms with Crippen LogP contribution in [0, 0.1) is 29.3 Å². The first-order valence-corrected chi connectivity index (χ1v) is 24.1. The molecule has 1 aliphatic carbocycles. The van der Waals surface area contributed by atoms with Crippen LogP contribution in [-0.4, -0.2) is 28.2 Å². The number of benzene rings is 2.